The molecule has 0 unspecified atom stereocenters. The standard InChI is InChI=1S/C19H20F3N3O3/c1-13-2-4-14(5-3-13)25-16(19(20,21)22)15(12-23-25)17(26)24-8-6-18(7-9-24)27-10-11-28-18/h2-5,12H,6-11H2,1H3. The zero-order valence-corrected chi connectivity index (χ0v) is 15.3. The fraction of sp³-hybridized carbons (Fsp3) is 0.474. The number of piperidine rings is 1. The summed E-state index contributed by atoms with van der Waals surface area (Å²) in [6.45, 7) is 3.37. The van der Waals surface area contributed by atoms with Gasteiger partial charge < -0.3 is 14.4 Å². The van der Waals surface area contributed by atoms with Gasteiger partial charge in [-0.05, 0) is 19.1 Å². The van der Waals surface area contributed by atoms with Crippen LogP contribution in [-0.2, 0) is 15.7 Å². The van der Waals surface area contributed by atoms with Gasteiger partial charge in [0.05, 0.1) is 30.7 Å². The Morgan fingerprint density at radius 2 is 1.71 bits per heavy atom. The van der Waals surface area contributed by atoms with E-state index in [1.165, 1.54) is 4.90 Å². The molecule has 1 aromatic heterocycles. The summed E-state index contributed by atoms with van der Waals surface area (Å²) in [7, 11) is 0. The average molecular weight is 395 g/mol. The number of rotatable bonds is 2. The van der Waals surface area contributed by atoms with E-state index in [9.17, 15) is 18.0 Å². The molecule has 2 aliphatic rings. The molecule has 0 N–H and O–H groups in total. The molecule has 2 aliphatic heterocycles. The molecule has 1 amide bonds. The topological polar surface area (TPSA) is 56.6 Å². The first-order valence-corrected chi connectivity index (χ1v) is 9.09. The van der Waals surface area contributed by atoms with Gasteiger partial charge in [0.1, 0.15) is 0 Å². The summed E-state index contributed by atoms with van der Waals surface area (Å²) in [5, 5.41) is 3.87. The van der Waals surface area contributed by atoms with Crippen LogP contribution in [0.25, 0.3) is 5.69 Å². The van der Waals surface area contributed by atoms with Gasteiger partial charge in [0.2, 0.25) is 0 Å². The van der Waals surface area contributed by atoms with Crippen molar-refractivity contribution in [3.05, 3.63) is 47.3 Å². The highest BCUT2D eigenvalue weighted by Crippen LogP contribution is 2.36. The fourth-order valence-electron chi connectivity index (χ4n) is 3.67. The van der Waals surface area contributed by atoms with Crippen molar-refractivity contribution in [3.8, 4) is 5.69 Å². The lowest BCUT2D eigenvalue weighted by molar-refractivity contribution is -0.181. The highest BCUT2D eigenvalue weighted by atomic mass is 19.4. The molecule has 3 heterocycles. The number of hydrogen-bond donors (Lipinski definition) is 0. The van der Waals surface area contributed by atoms with Crippen LogP contribution < -0.4 is 0 Å². The molecule has 0 saturated carbocycles. The number of carbonyl (C=O) groups is 1. The molecule has 0 radical (unpaired) electrons. The normalized spacial score (nSPS) is 19.4. The van der Waals surface area contributed by atoms with Crippen molar-refractivity contribution in [1.29, 1.82) is 0 Å². The largest absolute Gasteiger partial charge is 0.434 e. The summed E-state index contributed by atoms with van der Waals surface area (Å²) in [5.41, 5.74) is -0.339. The zero-order chi connectivity index (χ0) is 19.9. The monoisotopic (exact) mass is 395 g/mol. The zero-order valence-electron chi connectivity index (χ0n) is 15.3. The van der Waals surface area contributed by atoms with Gasteiger partial charge in [-0.25, -0.2) is 4.68 Å². The maximum absolute atomic E-state index is 13.8. The molecule has 0 atom stereocenters. The van der Waals surface area contributed by atoms with Crippen molar-refractivity contribution >= 4 is 5.91 Å². The van der Waals surface area contributed by atoms with E-state index in [2.05, 4.69) is 5.10 Å². The van der Waals surface area contributed by atoms with Gasteiger partial charge >= 0.3 is 6.18 Å². The van der Waals surface area contributed by atoms with Gasteiger partial charge in [-0.3, -0.25) is 4.79 Å². The van der Waals surface area contributed by atoms with Crippen molar-refractivity contribution in [2.45, 2.75) is 31.7 Å². The van der Waals surface area contributed by atoms with Gasteiger partial charge in [-0.1, -0.05) is 17.7 Å². The minimum Gasteiger partial charge on any atom is -0.347 e. The first kappa shape index (κ1) is 18.9. The van der Waals surface area contributed by atoms with Gasteiger partial charge in [0.25, 0.3) is 5.91 Å². The van der Waals surface area contributed by atoms with E-state index in [0.717, 1.165) is 16.4 Å². The van der Waals surface area contributed by atoms with Crippen LogP contribution in [0.5, 0.6) is 0 Å². The number of halogens is 3. The Bertz CT molecular complexity index is 861. The Hall–Kier alpha value is -2.39. The average Bonchev–Trinajstić information content (AvgIpc) is 3.30. The summed E-state index contributed by atoms with van der Waals surface area (Å²) >= 11 is 0. The lowest BCUT2D eigenvalue weighted by atomic mass is 10.0. The molecule has 2 saturated heterocycles. The Labute approximate surface area is 159 Å². The lowest BCUT2D eigenvalue weighted by Crippen LogP contribution is -2.47. The van der Waals surface area contributed by atoms with Crippen molar-refractivity contribution in [2.75, 3.05) is 26.3 Å². The highest BCUT2D eigenvalue weighted by molar-refractivity contribution is 5.95. The van der Waals surface area contributed by atoms with E-state index in [-0.39, 0.29) is 18.8 Å². The number of carbonyl (C=O) groups excluding carboxylic acids is 1. The van der Waals surface area contributed by atoms with Crippen LogP contribution in [0.2, 0.25) is 0 Å². The van der Waals surface area contributed by atoms with Crippen molar-refractivity contribution in [3.63, 3.8) is 0 Å². The van der Waals surface area contributed by atoms with Crippen molar-refractivity contribution < 1.29 is 27.4 Å². The molecule has 150 valence electrons. The Kier molecular flexibility index (Phi) is 4.67. The number of benzene rings is 1. The maximum Gasteiger partial charge on any atom is 0.434 e. The van der Waals surface area contributed by atoms with E-state index in [4.69, 9.17) is 9.47 Å². The molecule has 2 aromatic rings. The van der Waals surface area contributed by atoms with Crippen LogP contribution in [0, 0.1) is 6.92 Å². The van der Waals surface area contributed by atoms with Crippen molar-refractivity contribution in [2.24, 2.45) is 0 Å². The third-order valence-corrected chi connectivity index (χ3v) is 5.17. The maximum atomic E-state index is 13.8. The lowest BCUT2D eigenvalue weighted by Gasteiger charge is -2.37. The van der Waals surface area contributed by atoms with Gasteiger partial charge in [-0.2, -0.15) is 18.3 Å². The molecular formula is C19H20F3N3O3. The number of aromatic nitrogens is 2. The quantitative estimate of drug-likeness (QED) is 0.784. The number of amides is 1. The Morgan fingerprint density at radius 3 is 2.29 bits per heavy atom. The summed E-state index contributed by atoms with van der Waals surface area (Å²) in [4.78, 5) is 14.3. The summed E-state index contributed by atoms with van der Waals surface area (Å²) in [5.74, 6) is -1.38. The van der Waals surface area contributed by atoms with E-state index < -0.39 is 29.1 Å². The molecule has 6 nitrogen and oxygen atoms in total. The van der Waals surface area contributed by atoms with Crippen molar-refractivity contribution in [1.82, 2.24) is 14.7 Å². The molecule has 0 bridgehead atoms. The fourth-order valence-corrected chi connectivity index (χ4v) is 3.67. The highest BCUT2D eigenvalue weighted by Gasteiger charge is 2.44. The molecule has 1 aromatic carbocycles. The minimum atomic E-state index is -4.72. The summed E-state index contributed by atoms with van der Waals surface area (Å²) < 4.78 is 53.4. The van der Waals surface area contributed by atoms with Crippen LogP contribution >= 0.6 is 0 Å². The van der Waals surface area contributed by atoms with Crippen LogP contribution in [0.4, 0.5) is 13.2 Å². The molecule has 2 fully saturated rings. The number of aryl methyl sites for hydroxylation is 1. The molecule has 1 spiro atoms. The molecular weight excluding hydrogens is 375 g/mol. The van der Waals surface area contributed by atoms with Crippen LogP contribution in [0.1, 0.15) is 34.5 Å². The third-order valence-electron chi connectivity index (χ3n) is 5.17. The van der Waals surface area contributed by atoms with Gasteiger partial charge in [0.15, 0.2) is 11.5 Å². The summed E-state index contributed by atoms with van der Waals surface area (Å²) in [6, 6.07) is 6.49. The number of nitrogens with zero attached hydrogens (tertiary/aromatic N) is 3. The van der Waals surface area contributed by atoms with E-state index in [0.29, 0.717) is 26.1 Å². The smallest absolute Gasteiger partial charge is 0.347 e. The second-order valence-electron chi connectivity index (χ2n) is 7.05. The first-order valence-electron chi connectivity index (χ1n) is 9.09. The van der Waals surface area contributed by atoms with Crippen LogP contribution in [0.3, 0.4) is 0 Å². The number of alkyl halides is 3. The SMILES string of the molecule is Cc1ccc(-n2ncc(C(=O)N3CCC4(CC3)OCCO4)c2C(F)(F)F)cc1. The Balaban J connectivity index is 1.62. The van der Waals surface area contributed by atoms with E-state index >= 15 is 0 Å². The second-order valence-corrected chi connectivity index (χ2v) is 7.05. The molecule has 0 aliphatic carbocycles. The Morgan fingerprint density at radius 1 is 1.11 bits per heavy atom. The number of ether oxygens (including phenoxy) is 2. The van der Waals surface area contributed by atoms with Crippen LogP contribution in [0.15, 0.2) is 30.5 Å². The van der Waals surface area contributed by atoms with Gasteiger partial charge in [-0.15, -0.1) is 0 Å². The molecule has 4 rings (SSSR count). The second kappa shape index (κ2) is 6.89. The summed E-state index contributed by atoms with van der Waals surface area (Å²) in [6.07, 6.45) is -2.85. The first-order chi connectivity index (χ1) is 13.3. The third kappa shape index (κ3) is 3.40. The predicted molar refractivity (Wildman–Crippen MR) is 93.1 cm³/mol. The number of likely N-dealkylation sites (tertiary alicyclic amines) is 1. The number of hydrogen-bond acceptors (Lipinski definition) is 4. The van der Waals surface area contributed by atoms with E-state index in [1.54, 1.807) is 24.3 Å². The van der Waals surface area contributed by atoms with E-state index in [1.807, 2.05) is 6.92 Å². The molecule has 9 heteroatoms. The van der Waals surface area contributed by atoms with Gasteiger partial charge in [0, 0.05) is 25.9 Å². The van der Waals surface area contributed by atoms with Crippen LogP contribution in [-0.4, -0.2) is 52.7 Å². The predicted octanol–water partition coefficient (Wildman–Crippen LogP) is 3.18. The molecule has 28 heavy (non-hydrogen) atoms. The minimum absolute atomic E-state index is 0.252.